The number of nitrogens with zero attached hydrogens (tertiary/aromatic N) is 1. The molecule has 5 heteroatoms. The van der Waals surface area contributed by atoms with Crippen molar-refractivity contribution in [2.75, 3.05) is 5.32 Å². The van der Waals surface area contributed by atoms with Crippen molar-refractivity contribution in [3.63, 3.8) is 0 Å². The Morgan fingerprint density at radius 2 is 2.00 bits per heavy atom. The summed E-state index contributed by atoms with van der Waals surface area (Å²) in [5, 5.41) is 2.58. The lowest BCUT2D eigenvalue weighted by Crippen LogP contribution is -2.15. The summed E-state index contributed by atoms with van der Waals surface area (Å²) in [7, 11) is 0. The zero-order valence-electron chi connectivity index (χ0n) is 10.5. The quantitative estimate of drug-likeness (QED) is 0.912. The first-order chi connectivity index (χ1) is 8.97. The molecule has 0 atom stereocenters. The molecule has 1 amide bonds. The minimum absolute atomic E-state index is 0.0161. The molecule has 2 rings (SSSR count). The number of hydrogen-bond donors (Lipinski definition) is 1. The van der Waals surface area contributed by atoms with Gasteiger partial charge in [-0.15, -0.1) is 0 Å². The summed E-state index contributed by atoms with van der Waals surface area (Å²) in [6.07, 6.45) is 0. The molecule has 98 valence electrons. The molecule has 1 heterocycles. The lowest BCUT2D eigenvalue weighted by atomic mass is 10.1. The molecule has 0 saturated heterocycles. The molecule has 1 N–H and O–H groups in total. The number of anilines is 1. The zero-order valence-corrected chi connectivity index (χ0v) is 12.1. The molecule has 3 nitrogen and oxygen atoms in total. The minimum atomic E-state index is -0.545. The first-order valence-electron chi connectivity index (χ1n) is 5.68. The molecule has 0 spiro atoms. The van der Waals surface area contributed by atoms with Crippen molar-refractivity contribution in [1.82, 2.24) is 4.98 Å². The second-order valence-electron chi connectivity index (χ2n) is 4.20. The summed E-state index contributed by atoms with van der Waals surface area (Å²) < 4.78 is 14.4. The highest BCUT2D eigenvalue weighted by atomic mass is 79.9. The predicted molar refractivity (Wildman–Crippen MR) is 75.8 cm³/mol. The van der Waals surface area contributed by atoms with E-state index in [1.54, 1.807) is 25.1 Å². The van der Waals surface area contributed by atoms with Crippen molar-refractivity contribution < 1.29 is 9.18 Å². The first kappa shape index (κ1) is 13.7. The third-order valence-corrected chi connectivity index (χ3v) is 3.47. The third-order valence-electron chi connectivity index (χ3n) is 2.63. The van der Waals surface area contributed by atoms with Crippen LogP contribution in [-0.4, -0.2) is 10.9 Å². The minimum Gasteiger partial charge on any atom is -0.306 e. The van der Waals surface area contributed by atoms with E-state index in [4.69, 9.17) is 0 Å². The van der Waals surface area contributed by atoms with Crippen molar-refractivity contribution in [3.05, 3.63) is 57.4 Å². The molecule has 19 heavy (non-hydrogen) atoms. The number of pyridine rings is 1. The number of aromatic nitrogens is 1. The molecule has 0 unspecified atom stereocenters. The van der Waals surface area contributed by atoms with Gasteiger partial charge in [-0.3, -0.25) is 4.79 Å². The number of carbonyl (C=O) groups is 1. The van der Waals surface area contributed by atoms with Crippen LogP contribution in [0.4, 0.5) is 10.2 Å². The van der Waals surface area contributed by atoms with Crippen LogP contribution in [0.5, 0.6) is 0 Å². The standard InChI is InChI=1S/C14H12BrFN2O/c1-8-3-5-12(16)10(7-8)14(19)18-13-6-4-11(15)9(2)17-13/h3-7H,1-2H3,(H,17,18,19). The van der Waals surface area contributed by atoms with Crippen LogP contribution in [0.2, 0.25) is 0 Å². The van der Waals surface area contributed by atoms with Gasteiger partial charge in [-0.25, -0.2) is 9.37 Å². The number of nitrogens with one attached hydrogen (secondary N) is 1. The van der Waals surface area contributed by atoms with Gasteiger partial charge in [0.05, 0.1) is 11.3 Å². The molecule has 0 fully saturated rings. The number of aryl methyl sites for hydroxylation is 2. The van der Waals surface area contributed by atoms with Gasteiger partial charge < -0.3 is 5.32 Å². The van der Waals surface area contributed by atoms with Crippen LogP contribution in [0.25, 0.3) is 0 Å². The fraction of sp³-hybridized carbons (Fsp3) is 0.143. The number of amides is 1. The topological polar surface area (TPSA) is 42.0 Å². The maximum atomic E-state index is 13.6. The Bertz CT molecular complexity index is 643. The van der Waals surface area contributed by atoms with Crippen LogP contribution in [0.15, 0.2) is 34.8 Å². The highest BCUT2D eigenvalue weighted by Crippen LogP contribution is 2.17. The van der Waals surface area contributed by atoms with Crippen molar-refractivity contribution in [3.8, 4) is 0 Å². The summed E-state index contributed by atoms with van der Waals surface area (Å²) >= 11 is 3.33. The lowest BCUT2D eigenvalue weighted by molar-refractivity contribution is 0.102. The molecule has 0 aliphatic carbocycles. The number of carbonyl (C=O) groups excluding carboxylic acids is 1. The summed E-state index contributed by atoms with van der Waals surface area (Å²) in [5.74, 6) is -0.654. The lowest BCUT2D eigenvalue weighted by Gasteiger charge is -2.07. The van der Waals surface area contributed by atoms with E-state index in [-0.39, 0.29) is 5.56 Å². The Kier molecular flexibility index (Phi) is 3.95. The van der Waals surface area contributed by atoms with Gasteiger partial charge in [0.15, 0.2) is 0 Å². The number of benzene rings is 1. The van der Waals surface area contributed by atoms with Crippen molar-refractivity contribution in [1.29, 1.82) is 0 Å². The van der Waals surface area contributed by atoms with Gasteiger partial charge in [-0.05, 0) is 54.0 Å². The van der Waals surface area contributed by atoms with Gasteiger partial charge in [0, 0.05) is 4.47 Å². The van der Waals surface area contributed by atoms with Crippen LogP contribution < -0.4 is 5.32 Å². The zero-order chi connectivity index (χ0) is 14.0. The second kappa shape index (κ2) is 5.48. The smallest absolute Gasteiger partial charge is 0.259 e. The highest BCUT2D eigenvalue weighted by Gasteiger charge is 2.12. The molecule has 2 aromatic rings. The number of halogens is 2. The Labute approximate surface area is 119 Å². The van der Waals surface area contributed by atoms with Gasteiger partial charge in [0.25, 0.3) is 5.91 Å². The van der Waals surface area contributed by atoms with Crippen molar-refractivity contribution >= 4 is 27.7 Å². The molecule has 0 radical (unpaired) electrons. The average molecular weight is 323 g/mol. The predicted octanol–water partition coefficient (Wildman–Crippen LogP) is 3.85. The highest BCUT2D eigenvalue weighted by molar-refractivity contribution is 9.10. The third kappa shape index (κ3) is 3.17. The van der Waals surface area contributed by atoms with Crippen LogP contribution >= 0.6 is 15.9 Å². The summed E-state index contributed by atoms with van der Waals surface area (Å²) in [6, 6.07) is 7.85. The number of hydrogen-bond acceptors (Lipinski definition) is 2. The summed E-state index contributed by atoms with van der Waals surface area (Å²) in [4.78, 5) is 16.2. The van der Waals surface area contributed by atoms with E-state index >= 15 is 0 Å². The van der Waals surface area contributed by atoms with E-state index in [0.717, 1.165) is 15.7 Å². The van der Waals surface area contributed by atoms with E-state index < -0.39 is 11.7 Å². The molecular formula is C14H12BrFN2O. The molecule has 0 aliphatic rings. The van der Waals surface area contributed by atoms with Crippen LogP contribution in [0.1, 0.15) is 21.6 Å². The second-order valence-corrected chi connectivity index (χ2v) is 5.06. The van der Waals surface area contributed by atoms with Gasteiger partial charge in [0.1, 0.15) is 11.6 Å². The Morgan fingerprint density at radius 3 is 2.68 bits per heavy atom. The summed E-state index contributed by atoms with van der Waals surface area (Å²) in [5.41, 5.74) is 1.59. The maximum absolute atomic E-state index is 13.6. The van der Waals surface area contributed by atoms with Gasteiger partial charge >= 0.3 is 0 Å². The van der Waals surface area contributed by atoms with E-state index in [9.17, 15) is 9.18 Å². The monoisotopic (exact) mass is 322 g/mol. The Hall–Kier alpha value is -1.75. The fourth-order valence-corrected chi connectivity index (χ4v) is 1.83. The first-order valence-corrected chi connectivity index (χ1v) is 6.47. The molecule has 0 aliphatic heterocycles. The largest absolute Gasteiger partial charge is 0.306 e. The normalized spacial score (nSPS) is 10.3. The Morgan fingerprint density at radius 1 is 1.26 bits per heavy atom. The molecule has 0 bridgehead atoms. The van der Waals surface area contributed by atoms with Gasteiger partial charge in [-0.1, -0.05) is 11.6 Å². The number of rotatable bonds is 2. The Balaban J connectivity index is 2.25. The SMILES string of the molecule is Cc1ccc(F)c(C(=O)Nc2ccc(Br)c(C)n2)c1. The van der Waals surface area contributed by atoms with Crippen LogP contribution in [-0.2, 0) is 0 Å². The maximum Gasteiger partial charge on any atom is 0.259 e. The molecule has 0 saturated carbocycles. The van der Waals surface area contributed by atoms with Crippen LogP contribution in [0.3, 0.4) is 0 Å². The molecule has 1 aromatic heterocycles. The van der Waals surface area contributed by atoms with Crippen LogP contribution in [0, 0.1) is 19.7 Å². The van der Waals surface area contributed by atoms with E-state index in [1.807, 2.05) is 6.92 Å². The molecular weight excluding hydrogens is 311 g/mol. The van der Waals surface area contributed by atoms with Gasteiger partial charge in [0.2, 0.25) is 0 Å². The van der Waals surface area contributed by atoms with E-state index in [0.29, 0.717) is 5.82 Å². The summed E-state index contributed by atoms with van der Waals surface area (Å²) in [6.45, 7) is 3.62. The van der Waals surface area contributed by atoms with E-state index in [2.05, 4.69) is 26.2 Å². The van der Waals surface area contributed by atoms with E-state index in [1.165, 1.54) is 12.1 Å². The van der Waals surface area contributed by atoms with Crippen molar-refractivity contribution in [2.24, 2.45) is 0 Å². The van der Waals surface area contributed by atoms with Gasteiger partial charge in [-0.2, -0.15) is 0 Å². The molecule has 1 aromatic carbocycles. The fourth-order valence-electron chi connectivity index (χ4n) is 1.61. The average Bonchev–Trinajstić information content (AvgIpc) is 2.36. The van der Waals surface area contributed by atoms with Crippen molar-refractivity contribution in [2.45, 2.75) is 13.8 Å².